The van der Waals surface area contributed by atoms with E-state index in [4.69, 9.17) is 0 Å². The molecule has 0 spiro atoms. The van der Waals surface area contributed by atoms with E-state index < -0.39 is 0 Å². The van der Waals surface area contributed by atoms with Crippen molar-refractivity contribution >= 4 is 16.5 Å². The van der Waals surface area contributed by atoms with Crippen molar-refractivity contribution in [3.05, 3.63) is 46.5 Å². The van der Waals surface area contributed by atoms with Crippen LogP contribution in [0.25, 0.3) is 0 Å². The number of nitrogens with zero attached hydrogens (tertiary/aromatic N) is 2. The first-order valence-corrected chi connectivity index (χ1v) is 8.11. The van der Waals surface area contributed by atoms with Gasteiger partial charge in [0, 0.05) is 36.8 Å². The van der Waals surface area contributed by atoms with Crippen LogP contribution in [0.3, 0.4) is 0 Å². The number of aromatic nitrogens is 1. The molecule has 0 unspecified atom stereocenters. The summed E-state index contributed by atoms with van der Waals surface area (Å²) in [5, 5.41) is 4.57. The van der Waals surface area contributed by atoms with Gasteiger partial charge in [0.2, 0.25) is 0 Å². The average Bonchev–Trinajstić information content (AvgIpc) is 2.87. The van der Waals surface area contributed by atoms with Crippen molar-refractivity contribution in [1.29, 1.82) is 0 Å². The molecular formula is C17H25N3S. The van der Waals surface area contributed by atoms with E-state index in [0.717, 1.165) is 18.2 Å². The Morgan fingerprint density at radius 3 is 2.48 bits per heavy atom. The number of hydrogen-bond donors (Lipinski definition) is 1. The van der Waals surface area contributed by atoms with Gasteiger partial charge in [-0.2, -0.15) is 0 Å². The van der Waals surface area contributed by atoms with E-state index in [9.17, 15) is 0 Å². The van der Waals surface area contributed by atoms with Gasteiger partial charge in [-0.1, -0.05) is 29.8 Å². The van der Waals surface area contributed by atoms with E-state index >= 15 is 0 Å². The van der Waals surface area contributed by atoms with Crippen LogP contribution in [0, 0.1) is 6.92 Å². The number of hydrogen-bond acceptors (Lipinski definition) is 4. The van der Waals surface area contributed by atoms with Crippen molar-refractivity contribution in [2.75, 3.05) is 11.9 Å². The van der Waals surface area contributed by atoms with Gasteiger partial charge in [-0.05, 0) is 33.3 Å². The number of anilines is 1. The van der Waals surface area contributed by atoms with Gasteiger partial charge < -0.3 is 10.2 Å². The Labute approximate surface area is 132 Å². The molecule has 1 heterocycles. The summed E-state index contributed by atoms with van der Waals surface area (Å²) in [5.41, 5.74) is 2.75. The number of thiazole rings is 1. The Hall–Kier alpha value is -1.39. The summed E-state index contributed by atoms with van der Waals surface area (Å²) in [4.78, 5) is 8.01. The van der Waals surface area contributed by atoms with Gasteiger partial charge in [0.15, 0.2) is 5.13 Å². The summed E-state index contributed by atoms with van der Waals surface area (Å²) in [6.45, 7) is 10.4. The fourth-order valence-electron chi connectivity index (χ4n) is 1.94. The first-order valence-electron chi connectivity index (χ1n) is 7.30. The maximum Gasteiger partial charge on any atom is 0.185 e. The Kier molecular flexibility index (Phi) is 5.01. The summed E-state index contributed by atoms with van der Waals surface area (Å²) < 4.78 is 0. The first-order chi connectivity index (χ1) is 9.83. The molecule has 1 aromatic carbocycles. The highest BCUT2D eigenvalue weighted by Crippen LogP contribution is 2.23. The lowest BCUT2D eigenvalue weighted by Gasteiger charge is -2.19. The normalized spacial score (nSPS) is 11.7. The molecule has 1 aromatic heterocycles. The third-order valence-electron chi connectivity index (χ3n) is 3.20. The van der Waals surface area contributed by atoms with E-state index in [1.165, 1.54) is 16.0 Å². The first kappa shape index (κ1) is 16.0. The van der Waals surface area contributed by atoms with Crippen LogP contribution in [-0.2, 0) is 13.1 Å². The molecule has 0 saturated carbocycles. The van der Waals surface area contributed by atoms with Gasteiger partial charge in [0.05, 0.1) is 0 Å². The standard InChI is InChI=1S/C17H25N3S/c1-13-6-8-14(9-7-13)12-20(5)16-18-10-15(21-16)11-19-17(2,3)4/h6-10,19H,11-12H2,1-5H3. The third-order valence-corrected chi connectivity index (χ3v) is 4.31. The highest BCUT2D eigenvalue weighted by Gasteiger charge is 2.11. The Morgan fingerprint density at radius 2 is 1.86 bits per heavy atom. The van der Waals surface area contributed by atoms with Crippen LogP contribution in [0.2, 0.25) is 0 Å². The highest BCUT2D eigenvalue weighted by molar-refractivity contribution is 7.15. The van der Waals surface area contributed by atoms with Crippen LogP contribution in [0.1, 0.15) is 36.8 Å². The van der Waals surface area contributed by atoms with Crippen molar-refractivity contribution in [3.8, 4) is 0 Å². The predicted molar refractivity (Wildman–Crippen MR) is 92.0 cm³/mol. The monoisotopic (exact) mass is 303 g/mol. The molecule has 2 aromatic rings. The number of aryl methyl sites for hydroxylation is 1. The molecular weight excluding hydrogens is 278 g/mol. The van der Waals surface area contributed by atoms with Crippen LogP contribution in [0.5, 0.6) is 0 Å². The molecule has 0 aliphatic carbocycles. The maximum atomic E-state index is 4.53. The zero-order chi connectivity index (χ0) is 15.5. The second-order valence-electron chi connectivity index (χ2n) is 6.55. The minimum Gasteiger partial charge on any atom is -0.347 e. The second-order valence-corrected chi connectivity index (χ2v) is 7.65. The molecule has 0 aliphatic rings. The smallest absolute Gasteiger partial charge is 0.185 e. The summed E-state index contributed by atoms with van der Waals surface area (Å²) in [5.74, 6) is 0. The molecule has 0 radical (unpaired) electrons. The topological polar surface area (TPSA) is 28.2 Å². The molecule has 114 valence electrons. The van der Waals surface area contributed by atoms with Gasteiger partial charge in [0.1, 0.15) is 0 Å². The van der Waals surface area contributed by atoms with Crippen molar-refractivity contribution in [3.63, 3.8) is 0 Å². The van der Waals surface area contributed by atoms with Crippen LogP contribution in [-0.4, -0.2) is 17.6 Å². The number of benzene rings is 1. The van der Waals surface area contributed by atoms with Crippen LogP contribution < -0.4 is 10.2 Å². The van der Waals surface area contributed by atoms with E-state index in [1.54, 1.807) is 11.3 Å². The van der Waals surface area contributed by atoms with E-state index in [1.807, 2.05) is 6.20 Å². The van der Waals surface area contributed by atoms with E-state index in [-0.39, 0.29) is 5.54 Å². The SMILES string of the molecule is Cc1ccc(CN(C)c2ncc(CNC(C)(C)C)s2)cc1. The fraction of sp³-hybridized carbons (Fsp3) is 0.471. The molecule has 0 amide bonds. The molecule has 4 heteroatoms. The molecule has 0 bridgehead atoms. The van der Waals surface area contributed by atoms with Crippen LogP contribution in [0.15, 0.2) is 30.5 Å². The third kappa shape index (κ3) is 5.14. The lowest BCUT2D eigenvalue weighted by molar-refractivity contribution is 0.426. The summed E-state index contributed by atoms with van der Waals surface area (Å²) in [6, 6.07) is 8.68. The molecule has 0 fully saturated rings. The highest BCUT2D eigenvalue weighted by atomic mass is 32.1. The number of nitrogens with one attached hydrogen (secondary N) is 1. The summed E-state index contributed by atoms with van der Waals surface area (Å²) in [7, 11) is 2.10. The number of rotatable bonds is 5. The molecule has 0 aliphatic heterocycles. The van der Waals surface area contributed by atoms with Gasteiger partial charge in [-0.3, -0.25) is 0 Å². The molecule has 2 rings (SSSR count). The second kappa shape index (κ2) is 6.58. The van der Waals surface area contributed by atoms with Crippen LogP contribution >= 0.6 is 11.3 Å². The van der Waals surface area contributed by atoms with Crippen molar-refractivity contribution < 1.29 is 0 Å². The minimum atomic E-state index is 0.137. The molecule has 3 nitrogen and oxygen atoms in total. The Balaban J connectivity index is 1.95. The van der Waals surface area contributed by atoms with E-state index in [2.05, 4.69) is 74.2 Å². The lowest BCUT2D eigenvalue weighted by Crippen LogP contribution is -2.34. The average molecular weight is 303 g/mol. The molecule has 0 atom stereocenters. The minimum absolute atomic E-state index is 0.137. The molecule has 1 N–H and O–H groups in total. The van der Waals surface area contributed by atoms with Crippen molar-refractivity contribution in [2.45, 2.75) is 46.3 Å². The van der Waals surface area contributed by atoms with Crippen molar-refractivity contribution in [2.24, 2.45) is 0 Å². The van der Waals surface area contributed by atoms with Crippen molar-refractivity contribution in [1.82, 2.24) is 10.3 Å². The van der Waals surface area contributed by atoms with Crippen LogP contribution in [0.4, 0.5) is 5.13 Å². The molecule has 21 heavy (non-hydrogen) atoms. The fourth-order valence-corrected chi connectivity index (χ4v) is 2.75. The maximum absolute atomic E-state index is 4.53. The Bertz CT molecular complexity index is 566. The summed E-state index contributed by atoms with van der Waals surface area (Å²) in [6.07, 6.45) is 1.98. The van der Waals surface area contributed by atoms with Gasteiger partial charge in [-0.15, -0.1) is 11.3 Å². The van der Waals surface area contributed by atoms with E-state index in [0.29, 0.717) is 0 Å². The predicted octanol–water partition coefficient (Wildman–Crippen LogP) is 3.98. The quantitative estimate of drug-likeness (QED) is 0.905. The molecule has 0 saturated heterocycles. The zero-order valence-electron chi connectivity index (χ0n) is 13.6. The lowest BCUT2D eigenvalue weighted by atomic mass is 10.1. The van der Waals surface area contributed by atoms with Gasteiger partial charge in [-0.25, -0.2) is 4.98 Å². The van der Waals surface area contributed by atoms with Gasteiger partial charge in [0.25, 0.3) is 0 Å². The zero-order valence-corrected chi connectivity index (χ0v) is 14.4. The Morgan fingerprint density at radius 1 is 1.19 bits per heavy atom. The summed E-state index contributed by atoms with van der Waals surface area (Å²) >= 11 is 1.76. The largest absolute Gasteiger partial charge is 0.347 e. The van der Waals surface area contributed by atoms with Gasteiger partial charge >= 0.3 is 0 Å².